The third-order valence-electron chi connectivity index (χ3n) is 5.00. The molecule has 0 N–H and O–H groups in total. The summed E-state index contributed by atoms with van der Waals surface area (Å²) in [7, 11) is 0. The predicted molar refractivity (Wildman–Crippen MR) is 86.3 cm³/mol. The van der Waals surface area contributed by atoms with Gasteiger partial charge in [0, 0.05) is 17.7 Å². The first-order valence-electron chi connectivity index (χ1n) is 8.54. The van der Waals surface area contributed by atoms with Gasteiger partial charge in [0.05, 0.1) is 12.1 Å². The van der Waals surface area contributed by atoms with Crippen LogP contribution in [0, 0.1) is 11.3 Å². The molecule has 2 rings (SSSR count). The Labute approximate surface area is 129 Å². The van der Waals surface area contributed by atoms with Gasteiger partial charge in [0.2, 0.25) is 0 Å². The lowest BCUT2D eigenvalue weighted by molar-refractivity contribution is -0.128. The van der Waals surface area contributed by atoms with Gasteiger partial charge in [0.25, 0.3) is 0 Å². The van der Waals surface area contributed by atoms with E-state index in [4.69, 9.17) is 0 Å². The largest absolute Gasteiger partial charge is 0.299 e. The van der Waals surface area contributed by atoms with E-state index in [0.29, 0.717) is 24.2 Å². The van der Waals surface area contributed by atoms with Crippen molar-refractivity contribution in [3.8, 4) is 0 Å². The van der Waals surface area contributed by atoms with Crippen LogP contribution in [0.2, 0.25) is 0 Å². The monoisotopic (exact) mass is 290 g/mol. The lowest BCUT2D eigenvalue weighted by atomic mass is 9.74. The summed E-state index contributed by atoms with van der Waals surface area (Å²) in [6.07, 6.45) is 9.20. The Morgan fingerprint density at radius 3 is 2.57 bits per heavy atom. The molecule has 3 heteroatoms. The van der Waals surface area contributed by atoms with Crippen LogP contribution in [0.1, 0.15) is 78.0 Å². The molecule has 1 saturated carbocycles. The molecule has 1 aromatic heterocycles. The van der Waals surface area contributed by atoms with E-state index in [-0.39, 0.29) is 5.41 Å². The summed E-state index contributed by atoms with van der Waals surface area (Å²) in [6.45, 7) is 8.78. The number of rotatable bonds is 7. The molecule has 0 aliphatic heterocycles. The minimum atomic E-state index is -0.0612. The van der Waals surface area contributed by atoms with Crippen LogP contribution < -0.4 is 0 Å². The molecule has 21 heavy (non-hydrogen) atoms. The third kappa shape index (κ3) is 3.75. The minimum Gasteiger partial charge on any atom is -0.299 e. The van der Waals surface area contributed by atoms with Crippen molar-refractivity contribution in [1.29, 1.82) is 0 Å². The van der Waals surface area contributed by atoms with E-state index in [1.165, 1.54) is 12.8 Å². The normalized spacial score (nSPS) is 19.1. The molecule has 3 nitrogen and oxygen atoms in total. The summed E-state index contributed by atoms with van der Waals surface area (Å²) < 4.78 is 1.99. The maximum absolute atomic E-state index is 12.9. The van der Waals surface area contributed by atoms with Gasteiger partial charge in [-0.25, -0.2) is 0 Å². The van der Waals surface area contributed by atoms with Crippen LogP contribution in [0.4, 0.5) is 0 Å². The van der Waals surface area contributed by atoms with Gasteiger partial charge in [-0.3, -0.25) is 9.48 Å². The molecule has 1 aliphatic rings. The third-order valence-corrected chi connectivity index (χ3v) is 5.00. The number of hydrogen-bond acceptors (Lipinski definition) is 2. The highest BCUT2D eigenvalue weighted by Gasteiger charge is 2.40. The zero-order chi connectivity index (χ0) is 15.5. The molecule has 1 fully saturated rings. The molecule has 1 atom stereocenters. The summed E-state index contributed by atoms with van der Waals surface area (Å²) in [5.41, 5.74) is 0.879. The average molecular weight is 290 g/mol. The second-order valence-corrected chi connectivity index (χ2v) is 7.23. The highest BCUT2D eigenvalue weighted by Crippen LogP contribution is 2.44. The SMILES string of the molecule is CCC(C)n1ccc(CC(=O)C2(CC(C)C)CCCC2)n1. The molecule has 0 spiro atoms. The second kappa shape index (κ2) is 6.76. The van der Waals surface area contributed by atoms with Crippen molar-refractivity contribution in [2.45, 2.75) is 78.7 Å². The Bertz CT molecular complexity index is 469. The summed E-state index contributed by atoms with van der Waals surface area (Å²) >= 11 is 0. The van der Waals surface area contributed by atoms with Crippen molar-refractivity contribution in [3.05, 3.63) is 18.0 Å². The average Bonchev–Trinajstić information content (AvgIpc) is 3.07. The smallest absolute Gasteiger partial charge is 0.145 e. The maximum atomic E-state index is 12.9. The van der Waals surface area contributed by atoms with Crippen LogP contribution >= 0.6 is 0 Å². The van der Waals surface area contributed by atoms with Crippen LogP contribution in [-0.4, -0.2) is 15.6 Å². The second-order valence-electron chi connectivity index (χ2n) is 7.23. The van der Waals surface area contributed by atoms with Gasteiger partial charge in [-0.05, 0) is 44.6 Å². The number of ketones is 1. The molecule has 0 bridgehead atoms. The van der Waals surface area contributed by atoms with E-state index in [1.807, 2.05) is 16.9 Å². The van der Waals surface area contributed by atoms with Gasteiger partial charge < -0.3 is 0 Å². The van der Waals surface area contributed by atoms with E-state index in [2.05, 4.69) is 32.8 Å². The summed E-state index contributed by atoms with van der Waals surface area (Å²) in [6, 6.07) is 2.42. The van der Waals surface area contributed by atoms with Gasteiger partial charge in [0.15, 0.2) is 0 Å². The van der Waals surface area contributed by atoms with E-state index in [9.17, 15) is 4.79 Å². The fourth-order valence-electron chi connectivity index (χ4n) is 3.69. The van der Waals surface area contributed by atoms with Crippen molar-refractivity contribution in [2.75, 3.05) is 0 Å². The number of nitrogens with zero attached hydrogens (tertiary/aromatic N) is 2. The van der Waals surface area contributed by atoms with Gasteiger partial charge in [-0.15, -0.1) is 0 Å². The molecule has 0 aromatic carbocycles. The molecule has 1 unspecified atom stereocenters. The topological polar surface area (TPSA) is 34.9 Å². The first-order valence-corrected chi connectivity index (χ1v) is 8.54. The Morgan fingerprint density at radius 1 is 1.33 bits per heavy atom. The molecule has 1 aromatic rings. The van der Waals surface area contributed by atoms with Crippen LogP contribution in [0.15, 0.2) is 12.3 Å². The summed E-state index contributed by atoms with van der Waals surface area (Å²) in [5.74, 6) is 1.01. The Morgan fingerprint density at radius 2 is 2.00 bits per heavy atom. The number of aromatic nitrogens is 2. The molecule has 0 saturated heterocycles. The first kappa shape index (κ1) is 16.3. The van der Waals surface area contributed by atoms with Crippen LogP contribution in [0.3, 0.4) is 0 Å². The number of hydrogen-bond donors (Lipinski definition) is 0. The Hall–Kier alpha value is -1.12. The van der Waals surface area contributed by atoms with Crippen molar-refractivity contribution in [1.82, 2.24) is 9.78 Å². The lowest BCUT2D eigenvalue weighted by Crippen LogP contribution is -2.31. The molecule has 0 radical (unpaired) electrons. The highest BCUT2D eigenvalue weighted by molar-refractivity contribution is 5.86. The van der Waals surface area contributed by atoms with Crippen molar-refractivity contribution in [3.63, 3.8) is 0 Å². The summed E-state index contributed by atoms with van der Waals surface area (Å²) in [5, 5.41) is 4.60. The molecular formula is C18H30N2O. The van der Waals surface area contributed by atoms with E-state index in [1.54, 1.807) is 0 Å². The van der Waals surface area contributed by atoms with Crippen LogP contribution in [0.5, 0.6) is 0 Å². The molecule has 1 heterocycles. The Kier molecular flexibility index (Phi) is 5.23. The van der Waals surface area contributed by atoms with Crippen LogP contribution in [0.25, 0.3) is 0 Å². The van der Waals surface area contributed by atoms with Gasteiger partial charge in [-0.2, -0.15) is 5.10 Å². The minimum absolute atomic E-state index is 0.0612. The van der Waals surface area contributed by atoms with Crippen molar-refractivity contribution < 1.29 is 4.79 Å². The molecule has 1 aliphatic carbocycles. The van der Waals surface area contributed by atoms with Crippen molar-refractivity contribution in [2.24, 2.45) is 11.3 Å². The first-order chi connectivity index (χ1) is 9.97. The number of carbonyl (C=O) groups excluding carboxylic acids is 1. The van der Waals surface area contributed by atoms with Gasteiger partial charge >= 0.3 is 0 Å². The lowest BCUT2D eigenvalue weighted by Gasteiger charge is -2.29. The fraction of sp³-hybridized carbons (Fsp3) is 0.778. The maximum Gasteiger partial charge on any atom is 0.145 e. The van der Waals surface area contributed by atoms with E-state index in [0.717, 1.165) is 31.4 Å². The van der Waals surface area contributed by atoms with Gasteiger partial charge in [0.1, 0.15) is 5.78 Å². The van der Waals surface area contributed by atoms with E-state index >= 15 is 0 Å². The zero-order valence-electron chi connectivity index (χ0n) is 14.1. The van der Waals surface area contributed by atoms with Gasteiger partial charge in [-0.1, -0.05) is 33.6 Å². The fourth-order valence-corrected chi connectivity index (χ4v) is 3.69. The van der Waals surface area contributed by atoms with Crippen LogP contribution in [-0.2, 0) is 11.2 Å². The standard InChI is InChI=1S/C18H30N2O/c1-5-15(4)20-11-8-16(19-20)12-17(21)18(13-14(2)3)9-6-7-10-18/h8,11,14-15H,5-7,9-10,12-13H2,1-4H3. The quantitative estimate of drug-likeness (QED) is 0.737. The number of Topliss-reactive ketones (excluding diaryl/α,β-unsaturated/α-hetero) is 1. The Balaban J connectivity index is 2.07. The molecule has 0 amide bonds. The van der Waals surface area contributed by atoms with Crippen molar-refractivity contribution >= 4 is 5.78 Å². The molecule has 118 valence electrons. The number of carbonyl (C=O) groups is 1. The molecular weight excluding hydrogens is 260 g/mol. The predicted octanol–water partition coefficient (Wildman–Crippen LogP) is 4.57. The highest BCUT2D eigenvalue weighted by atomic mass is 16.1. The van der Waals surface area contributed by atoms with E-state index < -0.39 is 0 Å². The summed E-state index contributed by atoms with van der Waals surface area (Å²) in [4.78, 5) is 12.9. The zero-order valence-corrected chi connectivity index (χ0v) is 14.1.